The van der Waals surface area contributed by atoms with Crippen molar-refractivity contribution in [1.82, 2.24) is 4.90 Å². The molecular weight excluding hydrogens is 342 g/mol. The summed E-state index contributed by atoms with van der Waals surface area (Å²) in [4.78, 5) is 14.5. The van der Waals surface area contributed by atoms with Crippen LogP contribution in [0.3, 0.4) is 0 Å². The fraction of sp³-hybridized carbons (Fsp3) is 0.533. The Morgan fingerprint density at radius 3 is 2.65 bits per heavy atom. The highest BCUT2D eigenvalue weighted by Crippen LogP contribution is 2.27. The van der Waals surface area contributed by atoms with Gasteiger partial charge >= 0.3 is 0 Å². The quantitative estimate of drug-likeness (QED) is 0.885. The summed E-state index contributed by atoms with van der Waals surface area (Å²) < 4.78 is 0.703. The van der Waals surface area contributed by atoms with Crippen molar-refractivity contribution in [3.63, 3.8) is 0 Å². The van der Waals surface area contributed by atoms with Crippen LogP contribution in [-0.2, 0) is 0 Å². The van der Waals surface area contributed by atoms with Gasteiger partial charge in [-0.3, -0.25) is 4.79 Å². The minimum Gasteiger partial charge on any atom is -0.395 e. The first kappa shape index (κ1) is 15.8. The zero-order valence-corrected chi connectivity index (χ0v) is 13.7. The van der Waals surface area contributed by atoms with Crippen molar-refractivity contribution in [3.8, 4) is 0 Å². The zero-order chi connectivity index (χ0) is 14.5. The Morgan fingerprint density at radius 1 is 1.35 bits per heavy atom. The molecule has 2 rings (SSSR count). The van der Waals surface area contributed by atoms with Gasteiger partial charge in [-0.2, -0.15) is 0 Å². The Balaban J connectivity index is 2.21. The van der Waals surface area contributed by atoms with E-state index in [1.807, 2.05) is 4.90 Å². The van der Waals surface area contributed by atoms with Crippen LogP contribution in [0.25, 0.3) is 0 Å². The molecule has 110 valence electrons. The van der Waals surface area contributed by atoms with Gasteiger partial charge in [-0.15, -0.1) is 0 Å². The van der Waals surface area contributed by atoms with Crippen molar-refractivity contribution < 1.29 is 9.90 Å². The smallest absolute Gasteiger partial charge is 0.255 e. The van der Waals surface area contributed by atoms with E-state index in [0.29, 0.717) is 21.6 Å². The molecule has 0 saturated heterocycles. The van der Waals surface area contributed by atoms with Gasteiger partial charge in [0.05, 0.1) is 12.2 Å². The van der Waals surface area contributed by atoms with Gasteiger partial charge in [0.25, 0.3) is 5.91 Å². The minimum atomic E-state index is -0.0329. The van der Waals surface area contributed by atoms with E-state index in [9.17, 15) is 9.90 Å². The van der Waals surface area contributed by atoms with E-state index in [1.54, 1.807) is 18.2 Å². The molecule has 5 heteroatoms. The van der Waals surface area contributed by atoms with Crippen LogP contribution in [-0.4, -0.2) is 35.1 Å². The fourth-order valence-electron chi connectivity index (χ4n) is 2.77. The summed E-state index contributed by atoms with van der Waals surface area (Å²) in [6, 6.07) is 5.43. The molecule has 0 spiro atoms. The van der Waals surface area contributed by atoms with E-state index in [1.165, 1.54) is 6.42 Å². The van der Waals surface area contributed by atoms with Gasteiger partial charge in [0.2, 0.25) is 0 Å². The van der Waals surface area contributed by atoms with Crippen LogP contribution in [0.5, 0.6) is 0 Å². The molecule has 0 heterocycles. The number of nitrogens with zero attached hydrogens (tertiary/aromatic N) is 1. The predicted octanol–water partition coefficient (Wildman–Crippen LogP) is 3.87. The molecule has 1 aliphatic rings. The number of carbonyl (C=O) groups is 1. The zero-order valence-electron chi connectivity index (χ0n) is 11.3. The van der Waals surface area contributed by atoms with Crippen LogP contribution < -0.4 is 0 Å². The summed E-state index contributed by atoms with van der Waals surface area (Å²) in [7, 11) is 0. The van der Waals surface area contributed by atoms with E-state index >= 15 is 0 Å². The Labute approximate surface area is 133 Å². The summed E-state index contributed by atoms with van der Waals surface area (Å²) in [5, 5.41) is 9.85. The first-order valence-corrected chi connectivity index (χ1v) is 8.17. The number of aliphatic hydroxyl groups excluding tert-OH is 1. The third-order valence-corrected chi connectivity index (χ3v) is 4.67. The largest absolute Gasteiger partial charge is 0.395 e. The van der Waals surface area contributed by atoms with E-state index in [-0.39, 0.29) is 18.6 Å². The van der Waals surface area contributed by atoms with Crippen LogP contribution in [0.1, 0.15) is 42.5 Å². The maximum atomic E-state index is 12.7. The third-order valence-electron chi connectivity index (χ3n) is 3.78. The Kier molecular flexibility index (Phi) is 5.87. The number of hydrogen-bond acceptors (Lipinski definition) is 2. The van der Waals surface area contributed by atoms with Crippen LogP contribution in [0, 0.1) is 0 Å². The van der Waals surface area contributed by atoms with Crippen LogP contribution in [0.4, 0.5) is 0 Å². The molecule has 1 aromatic rings. The van der Waals surface area contributed by atoms with Gasteiger partial charge in [0.1, 0.15) is 0 Å². The normalized spacial score (nSPS) is 16.1. The topological polar surface area (TPSA) is 40.5 Å². The van der Waals surface area contributed by atoms with E-state index < -0.39 is 0 Å². The van der Waals surface area contributed by atoms with Crippen molar-refractivity contribution in [1.29, 1.82) is 0 Å². The summed E-state index contributed by atoms with van der Waals surface area (Å²) in [5.74, 6) is -0.0329. The summed E-state index contributed by atoms with van der Waals surface area (Å²) in [5.41, 5.74) is 0.605. The van der Waals surface area contributed by atoms with Crippen molar-refractivity contribution in [3.05, 3.63) is 33.3 Å². The van der Waals surface area contributed by atoms with E-state index in [4.69, 9.17) is 11.6 Å². The van der Waals surface area contributed by atoms with Gasteiger partial charge in [-0.1, -0.05) is 30.9 Å². The van der Waals surface area contributed by atoms with Gasteiger partial charge in [0.15, 0.2) is 0 Å². The van der Waals surface area contributed by atoms with Crippen LogP contribution in [0.2, 0.25) is 5.02 Å². The van der Waals surface area contributed by atoms with E-state index in [0.717, 1.165) is 25.7 Å². The molecule has 1 N–H and O–H groups in total. The predicted molar refractivity (Wildman–Crippen MR) is 84.1 cm³/mol. The maximum Gasteiger partial charge on any atom is 0.255 e. The fourth-order valence-corrected chi connectivity index (χ4v) is 3.62. The molecule has 0 atom stereocenters. The molecular formula is C15H19BrClNO2. The SMILES string of the molecule is O=C(c1ccc(Cl)cc1Br)N(CCO)C1CCCCC1. The summed E-state index contributed by atoms with van der Waals surface area (Å²) >= 11 is 9.31. The minimum absolute atomic E-state index is 0.00650. The first-order chi connectivity index (χ1) is 9.63. The van der Waals surface area contributed by atoms with Crippen LogP contribution >= 0.6 is 27.5 Å². The molecule has 1 aromatic carbocycles. The number of hydrogen-bond donors (Lipinski definition) is 1. The average Bonchev–Trinajstić information content (AvgIpc) is 2.45. The lowest BCUT2D eigenvalue weighted by molar-refractivity contribution is 0.0584. The summed E-state index contributed by atoms with van der Waals surface area (Å²) in [6.45, 7) is 0.381. The molecule has 1 amide bonds. The first-order valence-electron chi connectivity index (χ1n) is 7.00. The number of carbonyl (C=O) groups excluding carboxylic acids is 1. The second kappa shape index (κ2) is 7.43. The van der Waals surface area contributed by atoms with Crippen molar-refractivity contribution in [2.24, 2.45) is 0 Å². The molecule has 20 heavy (non-hydrogen) atoms. The Hall–Kier alpha value is -0.580. The van der Waals surface area contributed by atoms with Crippen molar-refractivity contribution >= 4 is 33.4 Å². The number of benzene rings is 1. The second-order valence-corrected chi connectivity index (χ2v) is 6.43. The molecule has 1 aliphatic carbocycles. The van der Waals surface area contributed by atoms with Gasteiger partial charge in [-0.05, 0) is 47.0 Å². The van der Waals surface area contributed by atoms with Gasteiger partial charge in [0, 0.05) is 22.1 Å². The van der Waals surface area contributed by atoms with Crippen molar-refractivity contribution in [2.45, 2.75) is 38.1 Å². The number of halogens is 2. The standard InChI is InChI=1S/C15H19BrClNO2/c16-14-10-11(17)6-7-13(14)15(20)18(8-9-19)12-4-2-1-3-5-12/h6-7,10,12,19H,1-5,8-9H2. The molecule has 1 fully saturated rings. The van der Waals surface area contributed by atoms with Crippen LogP contribution in [0.15, 0.2) is 22.7 Å². The molecule has 0 aromatic heterocycles. The molecule has 0 radical (unpaired) electrons. The highest BCUT2D eigenvalue weighted by atomic mass is 79.9. The number of rotatable bonds is 4. The van der Waals surface area contributed by atoms with Crippen molar-refractivity contribution in [2.75, 3.05) is 13.2 Å². The lowest BCUT2D eigenvalue weighted by Gasteiger charge is -2.34. The average molecular weight is 361 g/mol. The Morgan fingerprint density at radius 2 is 2.05 bits per heavy atom. The highest BCUT2D eigenvalue weighted by Gasteiger charge is 2.26. The maximum absolute atomic E-state index is 12.7. The monoisotopic (exact) mass is 359 g/mol. The summed E-state index contributed by atoms with van der Waals surface area (Å²) in [6.07, 6.45) is 5.60. The van der Waals surface area contributed by atoms with Gasteiger partial charge in [-0.25, -0.2) is 0 Å². The molecule has 0 aliphatic heterocycles. The number of aliphatic hydroxyl groups is 1. The lowest BCUT2D eigenvalue weighted by Crippen LogP contribution is -2.43. The molecule has 0 unspecified atom stereocenters. The number of amides is 1. The van der Waals surface area contributed by atoms with Gasteiger partial charge < -0.3 is 10.0 Å². The third kappa shape index (κ3) is 3.74. The molecule has 0 bridgehead atoms. The molecule has 3 nitrogen and oxygen atoms in total. The molecule has 1 saturated carbocycles. The highest BCUT2D eigenvalue weighted by molar-refractivity contribution is 9.10. The Bertz CT molecular complexity index is 475. The van der Waals surface area contributed by atoms with E-state index in [2.05, 4.69) is 15.9 Å². The second-order valence-electron chi connectivity index (χ2n) is 5.14. The lowest BCUT2D eigenvalue weighted by atomic mass is 9.93.